The Bertz CT molecular complexity index is 760. The molecule has 0 radical (unpaired) electrons. The number of amides is 1. The molecule has 3 N–H and O–H groups in total. The summed E-state index contributed by atoms with van der Waals surface area (Å²) in [6, 6.07) is 11.2. The van der Waals surface area contributed by atoms with Crippen LogP contribution in [-0.4, -0.2) is 30.2 Å². The zero-order chi connectivity index (χ0) is 20.7. The number of hydrogen-bond acceptors (Lipinski definition) is 4. The number of halogens is 3. The van der Waals surface area contributed by atoms with Crippen molar-refractivity contribution in [3.8, 4) is 5.75 Å². The van der Waals surface area contributed by atoms with Crippen LogP contribution in [0.3, 0.4) is 0 Å². The molecule has 0 spiro atoms. The van der Waals surface area contributed by atoms with E-state index in [0.717, 1.165) is 17.7 Å². The Morgan fingerprint density at radius 2 is 1.64 bits per heavy atom. The van der Waals surface area contributed by atoms with Gasteiger partial charge in [0, 0.05) is 13.6 Å². The number of ether oxygens (including phenoxy) is 1. The maximum Gasteiger partial charge on any atom is 0.416 e. The van der Waals surface area contributed by atoms with Gasteiger partial charge in [0.1, 0.15) is 18.4 Å². The van der Waals surface area contributed by atoms with E-state index in [1.54, 1.807) is 24.3 Å². The van der Waals surface area contributed by atoms with Crippen LogP contribution in [-0.2, 0) is 24.1 Å². The van der Waals surface area contributed by atoms with Crippen LogP contribution in [0.15, 0.2) is 48.5 Å². The second-order valence-corrected chi connectivity index (χ2v) is 6.34. The number of alkyl halides is 3. The normalized spacial score (nSPS) is 13.6. The summed E-state index contributed by atoms with van der Waals surface area (Å²) >= 11 is 0. The van der Waals surface area contributed by atoms with E-state index < -0.39 is 23.9 Å². The van der Waals surface area contributed by atoms with Gasteiger partial charge < -0.3 is 15.2 Å². The first-order valence-electron chi connectivity index (χ1n) is 8.71. The third-order valence-corrected chi connectivity index (χ3v) is 4.15. The molecule has 28 heavy (non-hydrogen) atoms. The summed E-state index contributed by atoms with van der Waals surface area (Å²) in [5, 5.41) is 15.1. The zero-order valence-corrected chi connectivity index (χ0v) is 15.6. The molecule has 0 aliphatic carbocycles. The van der Waals surface area contributed by atoms with Gasteiger partial charge in [-0.05, 0) is 42.3 Å². The lowest BCUT2D eigenvalue weighted by molar-refractivity contribution is -0.137. The molecule has 2 atom stereocenters. The first-order valence-corrected chi connectivity index (χ1v) is 8.71. The summed E-state index contributed by atoms with van der Waals surface area (Å²) in [7, 11) is 1.50. The number of likely N-dealkylation sites (N-methyl/N-ethyl adjacent to an activating group) is 1. The number of carbonyl (C=O) groups excluding carboxylic acids is 1. The van der Waals surface area contributed by atoms with Crippen molar-refractivity contribution in [3.63, 3.8) is 0 Å². The van der Waals surface area contributed by atoms with Crippen molar-refractivity contribution in [3.05, 3.63) is 65.2 Å². The predicted octanol–water partition coefficient (Wildman–Crippen LogP) is 2.87. The molecule has 0 bridgehead atoms. The van der Waals surface area contributed by atoms with E-state index in [0.29, 0.717) is 17.9 Å². The summed E-state index contributed by atoms with van der Waals surface area (Å²) in [5.41, 5.74) is 0.820. The topological polar surface area (TPSA) is 70.6 Å². The van der Waals surface area contributed by atoms with Gasteiger partial charge in [-0.15, -0.1) is 0 Å². The molecule has 0 saturated carbocycles. The van der Waals surface area contributed by atoms with E-state index >= 15 is 0 Å². The second-order valence-electron chi connectivity index (χ2n) is 6.34. The number of carbonyl (C=O) groups is 1. The minimum absolute atomic E-state index is 0.149. The van der Waals surface area contributed by atoms with Crippen LogP contribution in [0.4, 0.5) is 13.2 Å². The standard InChI is InChI=1S/C20H23F3N2O3/c1-13(26)18(19(27)24-2)25-11-14-5-9-17(10-6-14)28-12-15-3-7-16(8-4-15)20(21,22)23/h3-10,13,18,25-26H,11-12H2,1-2H3,(H,24,27)/t13-,18?/m0/s1. The smallest absolute Gasteiger partial charge is 0.416 e. The molecule has 1 unspecified atom stereocenters. The highest BCUT2D eigenvalue weighted by Crippen LogP contribution is 2.29. The van der Waals surface area contributed by atoms with Gasteiger partial charge in [-0.2, -0.15) is 13.2 Å². The molecule has 0 aromatic heterocycles. The molecule has 0 fully saturated rings. The van der Waals surface area contributed by atoms with Crippen molar-refractivity contribution in [2.45, 2.75) is 38.4 Å². The SMILES string of the molecule is CNC(=O)C(NCc1ccc(OCc2ccc(C(F)(F)F)cc2)cc1)[C@H](C)O. The van der Waals surface area contributed by atoms with Crippen LogP contribution in [0.25, 0.3) is 0 Å². The van der Waals surface area contributed by atoms with E-state index in [1.807, 2.05) is 0 Å². The number of rotatable bonds is 8. The van der Waals surface area contributed by atoms with Gasteiger partial charge in [-0.25, -0.2) is 0 Å². The van der Waals surface area contributed by atoms with Gasteiger partial charge in [-0.1, -0.05) is 24.3 Å². The van der Waals surface area contributed by atoms with Crippen LogP contribution >= 0.6 is 0 Å². The summed E-state index contributed by atoms with van der Waals surface area (Å²) in [6.07, 6.45) is -5.19. The average molecular weight is 396 g/mol. The lowest BCUT2D eigenvalue weighted by Crippen LogP contribution is -2.49. The fraction of sp³-hybridized carbons (Fsp3) is 0.350. The Hall–Kier alpha value is -2.58. The number of benzene rings is 2. The van der Waals surface area contributed by atoms with Crippen LogP contribution in [0, 0.1) is 0 Å². The van der Waals surface area contributed by atoms with Crippen LogP contribution < -0.4 is 15.4 Å². The molecule has 2 aromatic rings. The lowest BCUT2D eigenvalue weighted by Gasteiger charge is -2.20. The second kappa shape index (κ2) is 9.57. The number of hydrogen-bond donors (Lipinski definition) is 3. The zero-order valence-electron chi connectivity index (χ0n) is 15.6. The molecule has 152 valence electrons. The van der Waals surface area contributed by atoms with Crippen molar-refractivity contribution in [2.24, 2.45) is 0 Å². The minimum Gasteiger partial charge on any atom is -0.489 e. The maximum atomic E-state index is 12.6. The van der Waals surface area contributed by atoms with Crippen LogP contribution in [0.1, 0.15) is 23.6 Å². The van der Waals surface area contributed by atoms with E-state index in [9.17, 15) is 23.1 Å². The van der Waals surface area contributed by atoms with Gasteiger partial charge in [-0.3, -0.25) is 10.1 Å². The Kier molecular flexibility index (Phi) is 7.42. The lowest BCUT2D eigenvalue weighted by atomic mass is 10.1. The molecule has 2 rings (SSSR count). The predicted molar refractivity (Wildman–Crippen MR) is 98.6 cm³/mol. The molecule has 2 aromatic carbocycles. The van der Waals surface area contributed by atoms with Gasteiger partial charge >= 0.3 is 6.18 Å². The number of aliphatic hydroxyl groups is 1. The molecule has 1 amide bonds. The highest BCUT2D eigenvalue weighted by Gasteiger charge is 2.29. The summed E-state index contributed by atoms with van der Waals surface area (Å²) < 4.78 is 43.3. The van der Waals surface area contributed by atoms with Crippen molar-refractivity contribution < 1.29 is 27.8 Å². The fourth-order valence-corrected chi connectivity index (χ4v) is 2.53. The first-order chi connectivity index (χ1) is 13.2. The van der Waals surface area contributed by atoms with E-state index in [2.05, 4.69) is 10.6 Å². The molecule has 5 nitrogen and oxygen atoms in total. The molecule has 8 heteroatoms. The van der Waals surface area contributed by atoms with Gasteiger partial charge in [0.25, 0.3) is 0 Å². The third-order valence-electron chi connectivity index (χ3n) is 4.15. The molecular formula is C20H23F3N2O3. The summed E-state index contributed by atoms with van der Waals surface area (Å²) in [6.45, 7) is 2.06. The van der Waals surface area contributed by atoms with Crippen molar-refractivity contribution >= 4 is 5.91 Å². The molecule has 0 heterocycles. The van der Waals surface area contributed by atoms with Crippen LogP contribution in [0.5, 0.6) is 5.75 Å². The maximum absolute atomic E-state index is 12.6. The molecule has 0 aliphatic heterocycles. The summed E-state index contributed by atoms with van der Waals surface area (Å²) in [5.74, 6) is 0.272. The highest BCUT2D eigenvalue weighted by atomic mass is 19.4. The first kappa shape index (κ1) is 21.7. The Morgan fingerprint density at radius 3 is 2.14 bits per heavy atom. The largest absolute Gasteiger partial charge is 0.489 e. The Labute approximate surface area is 161 Å². The minimum atomic E-state index is -4.35. The fourth-order valence-electron chi connectivity index (χ4n) is 2.53. The molecule has 0 saturated heterocycles. The van der Waals surface area contributed by atoms with Gasteiger partial charge in [0.2, 0.25) is 5.91 Å². The van der Waals surface area contributed by atoms with Gasteiger partial charge in [0.05, 0.1) is 11.7 Å². The van der Waals surface area contributed by atoms with Crippen molar-refractivity contribution in [1.82, 2.24) is 10.6 Å². The number of aliphatic hydroxyl groups excluding tert-OH is 1. The van der Waals surface area contributed by atoms with Gasteiger partial charge in [0.15, 0.2) is 0 Å². The average Bonchev–Trinajstić information content (AvgIpc) is 2.66. The van der Waals surface area contributed by atoms with E-state index in [4.69, 9.17) is 4.74 Å². The monoisotopic (exact) mass is 396 g/mol. The summed E-state index contributed by atoms with van der Waals surface area (Å²) in [4.78, 5) is 11.7. The Morgan fingerprint density at radius 1 is 1.07 bits per heavy atom. The highest BCUT2D eigenvalue weighted by molar-refractivity contribution is 5.82. The molecule has 0 aliphatic rings. The number of nitrogens with one attached hydrogen (secondary N) is 2. The van der Waals surface area contributed by atoms with E-state index in [-0.39, 0.29) is 12.5 Å². The molecular weight excluding hydrogens is 373 g/mol. The van der Waals surface area contributed by atoms with E-state index in [1.165, 1.54) is 26.1 Å². The Balaban J connectivity index is 1.88. The quantitative estimate of drug-likeness (QED) is 0.642. The van der Waals surface area contributed by atoms with Crippen LogP contribution in [0.2, 0.25) is 0 Å². The van der Waals surface area contributed by atoms with Crippen molar-refractivity contribution in [1.29, 1.82) is 0 Å². The third kappa shape index (κ3) is 6.24. The van der Waals surface area contributed by atoms with Crippen molar-refractivity contribution in [2.75, 3.05) is 7.05 Å².